The minimum atomic E-state index is -5.68. The Morgan fingerprint density at radius 1 is 1.12 bits per heavy atom. The summed E-state index contributed by atoms with van der Waals surface area (Å²) in [4.78, 5) is 11.6. The molecule has 1 aromatic rings. The molecular formula is C13H16F5N3O3S. The molecule has 142 valence electrons. The maximum atomic E-state index is 12.9. The second kappa shape index (κ2) is 7.52. The zero-order valence-electron chi connectivity index (χ0n) is 13.2. The summed E-state index contributed by atoms with van der Waals surface area (Å²) in [5, 5.41) is 4.52. The molecule has 0 fully saturated rings. The van der Waals surface area contributed by atoms with Gasteiger partial charge in [-0.05, 0) is 25.2 Å². The zero-order valence-corrected chi connectivity index (χ0v) is 14.0. The number of anilines is 1. The molecule has 0 radical (unpaired) electrons. The molecular weight excluding hydrogens is 373 g/mol. The Morgan fingerprint density at radius 2 is 1.72 bits per heavy atom. The van der Waals surface area contributed by atoms with E-state index in [1.54, 1.807) is 0 Å². The minimum Gasteiger partial charge on any atom is -0.384 e. The third-order valence-corrected chi connectivity index (χ3v) is 4.62. The number of carbonyl (C=O) groups excluding carboxylic acids is 1. The van der Waals surface area contributed by atoms with E-state index in [1.165, 1.54) is 7.05 Å². The van der Waals surface area contributed by atoms with Gasteiger partial charge in [0.1, 0.15) is 0 Å². The fourth-order valence-corrected chi connectivity index (χ4v) is 2.54. The van der Waals surface area contributed by atoms with Gasteiger partial charge in [-0.2, -0.15) is 22.0 Å². The Labute approximate surface area is 140 Å². The molecule has 0 heterocycles. The maximum Gasteiger partial charge on any atom is 0.453 e. The molecule has 0 saturated heterocycles. The van der Waals surface area contributed by atoms with Crippen molar-refractivity contribution in [2.45, 2.75) is 23.4 Å². The van der Waals surface area contributed by atoms with Crippen molar-refractivity contribution in [2.75, 3.05) is 26.0 Å². The first-order valence-corrected chi connectivity index (χ1v) is 8.32. The van der Waals surface area contributed by atoms with Gasteiger partial charge in [-0.1, -0.05) is 0 Å². The van der Waals surface area contributed by atoms with Crippen molar-refractivity contribution >= 4 is 21.6 Å². The molecule has 0 atom stereocenters. The van der Waals surface area contributed by atoms with Gasteiger partial charge in [0.05, 0.1) is 10.5 Å². The van der Waals surface area contributed by atoms with E-state index < -0.39 is 41.0 Å². The summed E-state index contributed by atoms with van der Waals surface area (Å²) in [6.07, 6.45) is -7.22. The predicted molar refractivity (Wildman–Crippen MR) is 80.2 cm³/mol. The molecule has 0 aromatic heterocycles. The second-order valence-electron chi connectivity index (χ2n) is 4.87. The van der Waals surface area contributed by atoms with Crippen molar-refractivity contribution in [1.82, 2.24) is 10.0 Å². The molecule has 0 aliphatic rings. The molecule has 0 aliphatic carbocycles. The molecule has 0 bridgehead atoms. The lowest BCUT2D eigenvalue weighted by atomic mass is 10.1. The highest BCUT2D eigenvalue weighted by Gasteiger charge is 2.56. The smallest absolute Gasteiger partial charge is 0.384 e. The van der Waals surface area contributed by atoms with Gasteiger partial charge in [0.2, 0.25) is 10.0 Å². The largest absolute Gasteiger partial charge is 0.453 e. The number of hydrogen-bond acceptors (Lipinski definition) is 4. The fraction of sp³-hybridized carbons (Fsp3) is 0.462. The number of nitrogens with one attached hydrogen (secondary N) is 3. The van der Waals surface area contributed by atoms with Crippen LogP contribution in [0.3, 0.4) is 0 Å². The van der Waals surface area contributed by atoms with E-state index in [4.69, 9.17) is 0 Å². The number of carbonyl (C=O) groups is 1. The van der Waals surface area contributed by atoms with Crippen LogP contribution in [0.25, 0.3) is 0 Å². The number of rotatable bonds is 7. The van der Waals surface area contributed by atoms with E-state index in [2.05, 4.69) is 10.6 Å². The molecule has 6 nitrogen and oxygen atoms in total. The van der Waals surface area contributed by atoms with E-state index >= 15 is 0 Å². The Bertz CT molecular complexity index is 735. The average Bonchev–Trinajstić information content (AvgIpc) is 2.53. The molecule has 25 heavy (non-hydrogen) atoms. The number of amides is 1. The molecule has 0 unspecified atom stereocenters. The molecule has 3 N–H and O–H groups in total. The lowest BCUT2D eigenvalue weighted by molar-refractivity contribution is -0.283. The molecule has 0 spiro atoms. The SMILES string of the molecule is CNC(=O)c1cc(S(=O)(=O)NC)ccc1NCCC(F)(F)C(F)(F)F. The monoisotopic (exact) mass is 389 g/mol. The van der Waals surface area contributed by atoms with Crippen LogP contribution in [-0.4, -0.2) is 47.1 Å². The van der Waals surface area contributed by atoms with Crippen LogP contribution in [0.15, 0.2) is 23.1 Å². The Hall–Kier alpha value is -1.95. The van der Waals surface area contributed by atoms with Gasteiger partial charge in [0.25, 0.3) is 5.91 Å². The molecule has 1 rings (SSSR count). The summed E-state index contributed by atoms with van der Waals surface area (Å²) >= 11 is 0. The fourth-order valence-electron chi connectivity index (χ4n) is 1.78. The maximum absolute atomic E-state index is 12.9. The second-order valence-corrected chi connectivity index (χ2v) is 6.76. The van der Waals surface area contributed by atoms with Gasteiger partial charge in [0, 0.05) is 25.7 Å². The Morgan fingerprint density at radius 3 is 2.20 bits per heavy atom. The van der Waals surface area contributed by atoms with Crippen molar-refractivity contribution in [3.8, 4) is 0 Å². The first-order chi connectivity index (χ1) is 11.4. The van der Waals surface area contributed by atoms with Gasteiger partial charge in [0.15, 0.2) is 0 Å². The normalized spacial score (nSPS) is 12.8. The van der Waals surface area contributed by atoms with Crippen LogP contribution < -0.4 is 15.4 Å². The predicted octanol–water partition coefficient (Wildman–Crippen LogP) is 1.95. The highest BCUT2D eigenvalue weighted by atomic mass is 32.2. The third kappa shape index (κ3) is 5.01. The van der Waals surface area contributed by atoms with Gasteiger partial charge in [-0.25, -0.2) is 13.1 Å². The number of benzene rings is 1. The van der Waals surface area contributed by atoms with Crippen LogP contribution >= 0.6 is 0 Å². The van der Waals surface area contributed by atoms with Crippen molar-refractivity contribution in [2.24, 2.45) is 0 Å². The highest BCUT2D eigenvalue weighted by molar-refractivity contribution is 7.89. The van der Waals surface area contributed by atoms with E-state index in [1.807, 2.05) is 4.72 Å². The van der Waals surface area contributed by atoms with Crippen LogP contribution in [0.2, 0.25) is 0 Å². The van der Waals surface area contributed by atoms with Crippen LogP contribution in [-0.2, 0) is 10.0 Å². The van der Waals surface area contributed by atoms with Crippen molar-refractivity contribution in [3.63, 3.8) is 0 Å². The number of sulfonamides is 1. The van der Waals surface area contributed by atoms with Crippen LogP contribution in [0, 0.1) is 0 Å². The van der Waals surface area contributed by atoms with Crippen molar-refractivity contribution in [3.05, 3.63) is 23.8 Å². The molecule has 1 aromatic carbocycles. The summed E-state index contributed by atoms with van der Waals surface area (Å²) in [7, 11) is -1.46. The summed E-state index contributed by atoms with van der Waals surface area (Å²) in [6, 6.07) is 3.18. The Balaban J connectivity index is 3.06. The average molecular weight is 389 g/mol. The summed E-state index contributed by atoms with van der Waals surface area (Å²) in [5.41, 5.74) is -0.290. The first kappa shape index (κ1) is 21.1. The Kier molecular flexibility index (Phi) is 6.34. The van der Waals surface area contributed by atoms with Crippen LogP contribution in [0.1, 0.15) is 16.8 Å². The lowest BCUT2D eigenvalue weighted by Gasteiger charge is -2.20. The van der Waals surface area contributed by atoms with E-state index in [9.17, 15) is 35.2 Å². The van der Waals surface area contributed by atoms with E-state index in [0.29, 0.717) is 0 Å². The summed E-state index contributed by atoms with van der Waals surface area (Å²) < 4.78 is 87.7. The first-order valence-electron chi connectivity index (χ1n) is 6.84. The number of halogens is 5. The van der Waals surface area contributed by atoms with Crippen molar-refractivity contribution in [1.29, 1.82) is 0 Å². The van der Waals surface area contributed by atoms with E-state index in [0.717, 1.165) is 25.2 Å². The molecule has 12 heteroatoms. The molecule has 0 aliphatic heterocycles. The minimum absolute atomic E-state index is 0.0765. The molecule has 1 amide bonds. The van der Waals surface area contributed by atoms with Crippen LogP contribution in [0.5, 0.6) is 0 Å². The van der Waals surface area contributed by atoms with Gasteiger partial charge in [-0.3, -0.25) is 4.79 Å². The van der Waals surface area contributed by atoms with Crippen molar-refractivity contribution < 1.29 is 35.2 Å². The van der Waals surface area contributed by atoms with Gasteiger partial charge < -0.3 is 10.6 Å². The van der Waals surface area contributed by atoms with E-state index in [-0.39, 0.29) is 16.1 Å². The summed E-state index contributed by atoms with van der Waals surface area (Å²) in [6.45, 7) is -0.783. The summed E-state index contributed by atoms with van der Waals surface area (Å²) in [5.74, 6) is -5.62. The topological polar surface area (TPSA) is 87.3 Å². The van der Waals surface area contributed by atoms with Gasteiger partial charge >= 0.3 is 12.1 Å². The standard InChI is InChI=1S/C13H16F5N3O3S/c1-19-11(22)9-7-8(25(23,24)20-2)3-4-10(9)21-6-5-12(14,15)13(16,17)18/h3-4,7,20-21H,5-6H2,1-2H3,(H,19,22). The van der Waals surface area contributed by atoms with Gasteiger partial charge in [-0.15, -0.1) is 0 Å². The van der Waals surface area contributed by atoms with Crippen LogP contribution in [0.4, 0.5) is 27.6 Å². The zero-order chi connectivity index (χ0) is 19.5. The quantitative estimate of drug-likeness (QED) is 0.622. The number of hydrogen-bond donors (Lipinski definition) is 3. The molecule has 0 saturated carbocycles. The third-order valence-electron chi connectivity index (χ3n) is 3.21. The lowest BCUT2D eigenvalue weighted by Crippen LogP contribution is -2.38. The number of alkyl halides is 5. The highest BCUT2D eigenvalue weighted by Crippen LogP contribution is 2.38.